The zero-order valence-corrected chi connectivity index (χ0v) is 12.8. The summed E-state index contributed by atoms with van der Waals surface area (Å²) in [5, 5.41) is 0.715. The van der Waals surface area contributed by atoms with Crippen LogP contribution in [0.25, 0.3) is 11.3 Å². The van der Waals surface area contributed by atoms with E-state index in [1.54, 1.807) is 0 Å². The summed E-state index contributed by atoms with van der Waals surface area (Å²) in [4.78, 5) is 11.4. The number of nitrogens with zero attached hydrogens (tertiary/aromatic N) is 3. The molecule has 1 aromatic heterocycles. The highest BCUT2D eigenvalue weighted by Gasteiger charge is 2.19. The number of hydrogen-bond acceptors (Lipinski definition) is 4. The van der Waals surface area contributed by atoms with E-state index in [4.69, 9.17) is 22.3 Å². The predicted molar refractivity (Wildman–Crippen MR) is 86.6 cm³/mol. The first-order valence-corrected chi connectivity index (χ1v) is 7.61. The summed E-state index contributed by atoms with van der Waals surface area (Å²) in [6, 6.07) is 7.97. The van der Waals surface area contributed by atoms with E-state index < -0.39 is 0 Å². The largest absolute Gasteiger partial charge is 0.339 e. The first-order chi connectivity index (χ1) is 10.1. The standard InChI is InChI=1S/C16H19ClN4/c1-11-9-19-16(21-7-3-6-14(18)10-21)20-15(11)12-4-2-5-13(17)8-12/h2,4-5,8-9,14H,3,6-7,10,18H2,1H3. The lowest BCUT2D eigenvalue weighted by Gasteiger charge is -2.31. The van der Waals surface area contributed by atoms with E-state index in [2.05, 4.69) is 9.88 Å². The van der Waals surface area contributed by atoms with E-state index in [-0.39, 0.29) is 6.04 Å². The maximum absolute atomic E-state index is 6.08. The van der Waals surface area contributed by atoms with Crippen molar-refractivity contribution in [3.05, 3.63) is 41.0 Å². The average Bonchev–Trinajstić information content (AvgIpc) is 2.47. The molecule has 0 bridgehead atoms. The molecule has 0 aliphatic carbocycles. The van der Waals surface area contributed by atoms with Gasteiger partial charge in [0.25, 0.3) is 0 Å². The number of aromatic nitrogens is 2. The van der Waals surface area contributed by atoms with Gasteiger partial charge in [-0.1, -0.05) is 23.7 Å². The zero-order chi connectivity index (χ0) is 14.8. The molecule has 1 unspecified atom stereocenters. The van der Waals surface area contributed by atoms with Crippen LogP contribution in [-0.2, 0) is 0 Å². The van der Waals surface area contributed by atoms with E-state index in [0.717, 1.165) is 48.7 Å². The number of halogens is 1. The molecule has 2 aromatic rings. The van der Waals surface area contributed by atoms with Crippen LogP contribution in [0.15, 0.2) is 30.5 Å². The molecule has 1 aromatic carbocycles. The maximum atomic E-state index is 6.08. The van der Waals surface area contributed by atoms with Crippen LogP contribution in [0, 0.1) is 6.92 Å². The number of hydrogen-bond donors (Lipinski definition) is 1. The van der Waals surface area contributed by atoms with Crippen molar-refractivity contribution < 1.29 is 0 Å². The van der Waals surface area contributed by atoms with Crippen molar-refractivity contribution >= 4 is 17.5 Å². The molecular formula is C16H19ClN4. The van der Waals surface area contributed by atoms with Gasteiger partial charge in [0.2, 0.25) is 5.95 Å². The van der Waals surface area contributed by atoms with Gasteiger partial charge in [0.05, 0.1) is 5.69 Å². The third-order valence-electron chi connectivity index (χ3n) is 3.80. The Labute approximate surface area is 130 Å². The van der Waals surface area contributed by atoms with Crippen molar-refractivity contribution in [2.75, 3.05) is 18.0 Å². The zero-order valence-electron chi connectivity index (χ0n) is 12.1. The van der Waals surface area contributed by atoms with E-state index in [9.17, 15) is 0 Å². The van der Waals surface area contributed by atoms with Crippen LogP contribution in [0.2, 0.25) is 5.02 Å². The molecule has 1 saturated heterocycles. The number of piperidine rings is 1. The summed E-state index contributed by atoms with van der Waals surface area (Å²) < 4.78 is 0. The lowest BCUT2D eigenvalue weighted by Crippen LogP contribution is -2.43. The van der Waals surface area contributed by atoms with Gasteiger partial charge in [-0.25, -0.2) is 9.97 Å². The maximum Gasteiger partial charge on any atom is 0.225 e. The lowest BCUT2D eigenvalue weighted by molar-refractivity contribution is 0.500. The van der Waals surface area contributed by atoms with Crippen molar-refractivity contribution in [3.63, 3.8) is 0 Å². The Hall–Kier alpha value is -1.65. The van der Waals surface area contributed by atoms with Crippen LogP contribution >= 0.6 is 11.6 Å². The van der Waals surface area contributed by atoms with Gasteiger partial charge in [-0.2, -0.15) is 0 Å². The van der Waals surface area contributed by atoms with E-state index in [0.29, 0.717) is 5.02 Å². The fourth-order valence-electron chi connectivity index (χ4n) is 2.70. The van der Waals surface area contributed by atoms with Crippen molar-refractivity contribution in [2.45, 2.75) is 25.8 Å². The number of nitrogens with two attached hydrogens (primary N) is 1. The van der Waals surface area contributed by atoms with Crippen molar-refractivity contribution in [1.82, 2.24) is 9.97 Å². The Morgan fingerprint density at radius 2 is 2.24 bits per heavy atom. The highest BCUT2D eigenvalue weighted by Crippen LogP contribution is 2.26. The predicted octanol–water partition coefficient (Wildman–Crippen LogP) is 3.03. The highest BCUT2D eigenvalue weighted by atomic mass is 35.5. The van der Waals surface area contributed by atoms with Crippen LogP contribution in [0.3, 0.4) is 0 Å². The molecule has 2 heterocycles. The normalized spacial score (nSPS) is 18.8. The quantitative estimate of drug-likeness (QED) is 0.926. The third-order valence-corrected chi connectivity index (χ3v) is 4.03. The lowest BCUT2D eigenvalue weighted by atomic mass is 10.1. The molecule has 21 heavy (non-hydrogen) atoms. The van der Waals surface area contributed by atoms with Gasteiger partial charge in [0, 0.05) is 35.9 Å². The fourth-order valence-corrected chi connectivity index (χ4v) is 2.90. The molecule has 4 nitrogen and oxygen atoms in total. The Morgan fingerprint density at radius 3 is 3.00 bits per heavy atom. The molecule has 1 atom stereocenters. The molecule has 0 radical (unpaired) electrons. The number of rotatable bonds is 2. The van der Waals surface area contributed by atoms with E-state index >= 15 is 0 Å². The minimum atomic E-state index is 0.207. The Morgan fingerprint density at radius 1 is 1.38 bits per heavy atom. The van der Waals surface area contributed by atoms with Crippen molar-refractivity contribution in [2.24, 2.45) is 5.73 Å². The molecule has 2 N–H and O–H groups in total. The van der Waals surface area contributed by atoms with Crippen LogP contribution in [-0.4, -0.2) is 29.1 Å². The second-order valence-electron chi connectivity index (χ2n) is 5.56. The van der Waals surface area contributed by atoms with Gasteiger partial charge in [0.1, 0.15) is 0 Å². The van der Waals surface area contributed by atoms with Gasteiger partial charge < -0.3 is 10.6 Å². The smallest absolute Gasteiger partial charge is 0.225 e. The van der Waals surface area contributed by atoms with Crippen LogP contribution in [0.1, 0.15) is 18.4 Å². The monoisotopic (exact) mass is 302 g/mol. The summed E-state index contributed by atoms with van der Waals surface area (Å²) in [5.41, 5.74) is 9.04. The van der Waals surface area contributed by atoms with Crippen molar-refractivity contribution in [1.29, 1.82) is 0 Å². The van der Waals surface area contributed by atoms with Gasteiger partial charge in [0.15, 0.2) is 0 Å². The molecule has 1 aliphatic rings. The summed E-state index contributed by atoms with van der Waals surface area (Å²) in [6.07, 6.45) is 4.03. The van der Waals surface area contributed by atoms with E-state index in [1.807, 2.05) is 37.4 Å². The summed E-state index contributed by atoms with van der Waals surface area (Å²) in [5.74, 6) is 0.755. The Kier molecular flexibility index (Phi) is 4.08. The summed E-state index contributed by atoms with van der Waals surface area (Å²) in [6.45, 7) is 3.80. The van der Waals surface area contributed by atoms with Gasteiger partial charge in [-0.3, -0.25) is 0 Å². The van der Waals surface area contributed by atoms with E-state index in [1.165, 1.54) is 0 Å². The van der Waals surface area contributed by atoms with Gasteiger partial charge in [-0.05, 0) is 37.5 Å². The molecule has 0 amide bonds. The molecule has 1 fully saturated rings. The Bertz CT molecular complexity index is 644. The topological polar surface area (TPSA) is 55.0 Å². The van der Waals surface area contributed by atoms with Crippen LogP contribution in [0.4, 0.5) is 5.95 Å². The fraction of sp³-hybridized carbons (Fsp3) is 0.375. The van der Waals surface area contributed by atoms with Crippen LogP contribution < -0.4 is 10.6 Å². The first kappa shape index (κ1) is 14.3. The first-order valence-electron chi connectivity index (χ1n) is 7.23. The average molecular weight is 303 g/mol. The Balaban J connectivity index is 1.96. The number of aryl methyl sites for hydroxylation is 1. The molecule has 1 aliphatic heterocycles. The SMILES string of the molecule is Cc1cnc(N2CCCC(N)C2)nc1-c1cccc(Cl)c1. The molecular weight excluding hydrogens is 284 g/mol. The molecule has 3 rings (SSSR count). The second-order valence-corrected chi connectivity index (χ2v) is 6.00. The molecule has 5 heteroatoms. The summed E-state index contributed by atoms with van der Waals surface area (Å²) >= 11 is 6.08. The minimum absolute atomic E-state index is 0.207. The van der Waals surface area contributed by atoms with Gasteiger partial charge >= 0.3 is 0 Å². The third kappa shape index (κ3) is 3.17. The molecule has 0 spiro atoms. The molecule has 110 valence electrons. The second kappa shape index (κ2) is 6.00. The van der Waals surface area contributed by atoms with Gasteiger partial charge in [-0.15, -0.1) is 0 Å². The molecule has 0 saturated carbocycles. The minimum Gasteiger partial charge on any atom is -0.339 e. The highest BCUT2D eigenvalue weighted by molar-refractivity contribution is 6.30. The number of benzene rings is 1. The number of anilines is 1. The van der Waals surface area contributed by atoms with Crippen LogP contribution in [0.5, 0.6) is 0 Å². The summed E-state index contributed by atoms with van der Waals surface area (Å²) in [7, 11) is 0. The van der Waals surface area contributed by atoms with Crippen molar-refractivity contribution in [3.8, 4) is 11.3 Å².